The predicted molar refractivity (Wildman–Crippen MR) is 138 cm³/mol. The average molecular weight is 438 g/mol. The maximum Gasteiger partial charge on any atom is 0.303 e. The Morgan fingerprint density at radius 1 is 0.871 bits per heavy atom. The minimum atomic E-state index is -1.29. The van der Waals surface area contributed by atoms with Gasteiger partial charge in [-0.3, -0.25) is 4.79 Å². The fraction of sp³-hybridized carbons (Fsp3) is 0.409. The van der Waals surface area contributed by atoms with Gasteiger partial charge in [-0.15, -0.1) is 0 Å². The highest BCUT2D eigenvalue weighted by Gasteiger charge is 2.36. The summed E-state index contributed by atoms with van der Waals surface area (Å²) in [5.74, 6) is -0.132. The number of unbranched alkanes of at least 4 members (excludes halogenated alkanes) is 1. The van der Waals surface area contributed by atoms with Crippen molar-refractivity contribution in [3.63, 3.8) is 0 Å². The van der Waals surface area contributed by atoms with Gasteiger partial charge in [-0.25, -0.2) is 0 Å². The number of carboxylic acid groups (broad SMARTS) is 1. The Bertz CT molecular complexity index is 821. The Morgan fingerprint density at radius 2 is 1.45 bits per heavy atom. The Labute approximate surface area is 201 Å². The average Bonchev–Trinajstić information content (AvgIpc) is 2.70. The molecule has 150 valence electrons. The van der Waals surface area contributed by atoms with Gasteiger partial charge in [0.1, 0.15) is 0 Å². The van der Waals surface area contributed by atoms with Gasteiger partial charge in [-0.1, -0.05) is 71.6 Å². The van der Waals surface area contributed by atoms with Crippen molar-refractivity contribution in [2.75, 3.05) is 0 Å². The third-order valence-electron chi connectivity index (χ3n) is 4.77. The first-order chi connectivity index (χ1) is 14.5. The standard InChI is InChI=1S/C22H23B5O2S2/c23-20(14-8-7-13-19(28)29,30-15-17-9-3-1-4-10-17)16-21(24,25)31-22(26,27)18-11-5-2-6-12-18/h1-6,9-12H,7-8,13-16H2,(H,28,29). The van der Waals surface area contributed by atoms with Gasteiger partial charge in [0.2, 0.25) is 0 Å². The highest BCUT2D eigenvalue weighted by molar-refractivity contribution is 8.06. The van der Waals surface area contributed by atoms with Crippen LogP contribution in [0.25, 0.3) is 0 Å². The zero-order chi connectivity index (χ0) is 23.0. The van der Waals surface area contributed by atoms with E-state index in [1.54, 1.807) is 11.8 Å². The molecule has 2 aromatic rings. The first-order valence-corrected chi connectivity index (χ1v) is 11.9. The minimum absolute atomic E-state index is 0.104. The first-order valence-electron chi connectivity index (χ1n) is 10.1. The van der Waals surface area contributed by atoms with Crippen molar-refractivity contribution >= 4 is 68.7 Å². The van der Waals surface area contributed by atoms with E-state index < -0.39 is 19.7 Å². The van der Waals surface area contributed by atoms with Crippen LogP contribution in [0.5, 0.6) is 0 Å². The maximum absolute atomic E-state index is 10.8. The molecular weight excluding hydrogens is 414 g/mol. The van der Waals surface area contributed by atoms with Crippen molar-refractivity contribution in [2.45, 2.75) is 51.6 Å². The van der Waals surface area contributed by atoms with E-state index in [9.17, 15) is 4.79 Å². The second kappa shape index (κ2) is 11.7. The zero-order valence-corrected chi connectivity index (χ0v) is 19.2. The fourth-order valence-corrected chi connectivity index (χ4v) is 5.87. The molecule has 1 N–H and O–H groups in total. The number of carbonyl (C=O) groups is 1. The van der Waals surface area contributed by atoms with Crippen molar-refractivity contribution < 1.29 is 9.90 Å². The van der Waals surface area contributed by atoms with E-state index in [-0.39, 0.29) is 12.8 Å². The predicted octanol–water partition coefficient (Wildman–Crippen LogP) is 3.69. The molecule has 10 radical (unpaired) electrons. The molecule has 0 spiro atoms. The third kappa shape index (κ3) is 9.53. The lowest BCUT2D eigenvalue weighted by molar-refractivity contribution is -0.137. The lowest BCUT2D eigenvalue weighted by Gasteiger charge is -2.43. The molecule has 1 atom stereocenters. The van der Waals surface area contributed by atoms with Crippen molar-refractivity contribution in [3.05, 3.63) is 71.8 Å². The lowest BCUT2D eigenvalue weighted by Crippen LogP contribution is -2.42. The normalized spacial score (nSPS) is 14.1. The largest absolute Gasteiger partial charge is 0.481 e. The van der Waals surface area contributed by atoms with Crippen LogP contribution in [0.2, 0.25) is 0 Å². The highest BCUT2D eigenvalue weighted by atomic mass is 32.2. The van der Waals surface area contributed by atoms with Gasteiger partial charge < -0.3 is 5.11 Å². The second-order valence-corrected chi connectivity index (χ2v) is 10.9. The van der Waals surface area contributed by atoms with Crippen LogP contribution in [0.1, 0.15) is 43.2 Å². The summed E-state index contributed by atoms with van der Waals surface area (Å²) >= 11 is 2.63. The molecule has 0 saturated carbocycles. The summed E-state index contributed by atoms with van der Waals surface area (Å²) in [5, 5.41) is 8.91. The molecule has 0 aliphatic carbocycles. The number of benzene rings is 2. The van der Waals surface area contributed by atoms with Gasteiger partial charge >= 0.3 is 5.97 Å². The molecule has 0 aromatic heterocycles. The molecule has 0 saturated heterocycles. The highest BCUT2D eigenvalue weighted by Crippen LogP contribution is 2.45. The molecule has 31 heavy (non-hydrogen) atoms. The Kier molecular flexibility index (Phi) is 9.88. The van der Waals surface area contributed by atoms with Crippen LogP contribution >= 0.6 is 23.5 Å². The van der Waals surface area contributed by atoms with E-state index in [1.165, 1.54) is 0 Å². The van der Waals surface area contributed by atoms with Crippen LogP contribution in [0, 0.1) is 0 Å². The van der Waals surface area contributed by atoms with Gasteiger partial charge in [0, 0.05) is 12.2 Å². The number of rotatable bonds is 13. The summed E-state index contributed by atoms with van der Waals surface area (Å²) in [4.78, 5) is 10.8. The van der Waals surface area contributed by atoms with Crippen molar-refractivity contribution in [1.29, 1.82) is 0 Å². The van der Waals surface area contributed by atoms with Crippen LogP contribution in [0.4, 0.5) is 0 Å². The van der Waals surface area contributed by atoms with Crippen LogP contribution in [0.3, 0.4) is 0 Å². The van der Waals surface area contributed by atoms with E-state index in [4.69, 9.17) is 44.3 Å². The lowest BCUT2D eigenvalue weighted by atomic mass is 9.60. The molecule has 0 fully saturated rings. The van der Waals surface area contributed by atoms with Gasteiger partial charge in [0.25, 0.3) is 0 Å². The molecule has 9 heteroatoms. The monoisotopic (exact) mass is 438 g/mol. The van der Waals surface area contributed by atoms with Gasteiger partial charge in [-0.05, 0) is 39.6 Å². The van der Waals surface area contributed by atoms with Crippen LogP contribution in [-0.2, 0) is 15.1 Å². The van der Waals surface area contributed by atoms with Gasteiger partial charge in [0.05, 0.1) is 39.2 Å². The smallest absolute Gasteiger partial charge is 0.303 e. The molecule has 1 unspecified atom stereocenters. The molecule has 0 bridgehead atoms. The molecule has 0 aliphatic heterocycles. The maximum atomic E-state index is 10.8. The van der Waals surface area contributed by atoms with Crippen molar-refractivity contribution in [1.82, 2.24) is 0 Å². The molecular formula is C22H23B5O2S2. The Hall–Kier alpha value is -1.07. The summed E-state index contributed by atoms with van der Waals surface area (Å²) in [6, 6.07) is 19.2. The topological polar surface area (TPSA) is 37.3 Å². The Morgan fingerprint density at radius 3 is 2.03 bits per heavy atom. The molecule has 2 nitrogen and oxygen atoms in total. The number of carboxylic acids is 1. The SMILES string of the molecule is [B]C([B])(CC([B])(CCCCC(=O)O)SCc1ccccc1)SC([B])([B])c1ccccc1. The van der Waals surface area contributed by atoms with Crippen LogP contribution in [0.15, 0.2) is 60.7 Å². The van der Waals surface area contributed by atoms with E-state index in [0.717, 1.165) is 17.3 Å². The summed E-state index contributed by atoms with van der Waals surface area (Å²) in [6.07, 6.45) is 2.12. The zero-order valence-electron chi connectivity index (χ0n) is 17.6. The molecule has 0 amide bonds. The third-order valence-corrected chi connectivity index (χ3v) is 7.27. The van der Waals surface area contributed by atoms with E-state index in [0.29, 0.717) is 30.6 Å². The van der Waals surface area contributed by atoms with Crippen LogP contribution < -0.4 is 0 Å². The van der Waals surface area contributed by atoms with Crippen LogP contribution in [-0.4, -0.2) is 59.5 Å². The summed E-state index contributed by atoms with van der Waals surface area (Å²) < 4.78 is -3.33. The number of hydrogen-bond acceptors (Lipinski definition) is 3. The first kappa shape index (κ1) is 26.2. The molecule has 2 rings (SSSR count). The van der Waals surface area contributed by atoms with Crippen molar-refractivity contribution in [2.24, 2.45) is 0 Å². The quantitative estimate of drug-likeness (QED) is 0.383. The molecule has 0 heterocycles. The van der Waals surface area contributed by atoms with E-state index >= 15 is 0 Å². The number of aliphatic carboxylic acids is 1. The van der Waals surface area contributed by atoms with Gasteiger partial charge in [0.15, 0.2) is 0 Å². The number of thioether (sulfide) groups is 2. The summed E-state index contributed by atoms with van der Waals surface area (Å²) in [6.45, 7) is 0. The van der Waals surface area contributed by atoms with E-state index in [2.05, 4.69) is 0 Å². The van der Waals surface area contributed by atoms with Gasteiger partial charge in [-0.2, -0.15) is 23.5 Å². The summed E-state index contributed by atoms with van der Waals surface area (Å²) in [5.41, 5.74) is 1.85. The fourth-order valence-electron chi connectivity index (χ4n) is 3.29. The molecule has 0 aliphatic rings. The Balaban J connectivity index is 2.10. The van der Waals surface area contributed by atoms with E-state index in [1.807, 2.05) is 60.7 Å². The molecule has 2 aromatic carbocycles. The minimum Gasteiger partial charge on any atom is -0.481 e. The number of hydrogen-bond donors (Lipinski definition) is 1. The second-order valence-electron chi connectivity index (χ2n) is 7.83. The van der Waals surface area contributed by atoms with Crippen molar-refractivity contribution in [3.8, 4) is 0 Å². The summed E-state index contributed by atoms with van der Waals surface area (Å²) in [7, 11) is 32.3.